The van der Waals surface area contributed by atoms with E-state index in [4.69, 9.17) is 9.47 Å². The summed E-state index contributed by atoms with van der Waals surface area (Å²) in [7, 11) is 0. The van der Waals surface area contributed by atoms with Gasteiger partial charge in [-0.15, -0.1) is 0 Å². The summed E-state index contributed by atoms with van der Waals surface area (Å²) >= 11 is 6.96. The van der Waals surface area contributed by atoms with Crippen molar-refractivity contribution in [2.24, 2.45) is 0 Å². The molecule has 2 aromatic carbocycles. The van der Waals surface area contributed by atoms with E-state index in [0.717, 1.165) is 11.5 Å². The molecule has 0 unspecified atom stereocenters. The van der Waals surface area contributed by atoms with Crippen molar-refractivity contribution >= 4 is 31.9 Å². The minimum Gasteiger partial charge on any atom is -0.451 e. The largest absolute Gasteiger partial charge is 0.451 e. The molecule has 0 saturated heterocycles. The van der Waals surface area contributed by atoms with Crippen molar-refractivity contribution in [3.05, 3.63) is 60.7 Å². The molecule has 0 aliphatic heterocycles. The Balaban J connectivity index is 2.18. The first-order chi connectivity index (χ1) is 9.10. The van der Waals surface area contributed by atoms with Gasteiger partial charge in [0.2, 0.25) is 0 Å². The molecule has 0 atom stereocenters. The van der Waals surface area contributed by atoms with E-state index < -0.39 is 5.79 Å². The Labute approximate surface area is 130 Å². The van der Waals surface area contributed by atoms with Crippen molar-refractivity contribution in [3.63, 3.8) is 0 Å². The summed E-state index contributed by atoms with van der Waals surface area (Å²) in [5, 5.41) is 0. The summed E-state index contributed by atoms with van der Waals surface area (Å²) in [6.07, 6.45) is 0. The van der Waals surface area contributed by atoms with Gasteiger partial charge in [0, 0.05) is 6.92 Å². The molecule has 0 aliphatic carbocycles. The van der Waals surface area contributed by atoms with Crippen LogP contribution in [-0.2, 0) is 0 Å². The second kappa shape index (κ2) is 6.44. The molecule has 0 amide bonds. The number of benzene rings is 2. The van der Waals surface area contributed by atoms with Crippen LogP contribution in [0.3, 0.4) is 0 Å². The first-order valence-corrected chi connectivity index (χ1v) is 7.69. The van der Waals surface area contributed by atoms with Crippen molar-refractivity contribution in [2.75, 3.05) is 0 Å². The van der Waals surface area contributed by atoms with Crippen molar-refractivity contribution in [2.45, 2.75) is 16.4 Å². The molecule has 0 saturated carbocycles. The zero-order valence-electron chi connectivity index (χ0n) is 10.4. The Morgan fingerprint density at radius 3 is 1.47 bits per heavy atom. The molecule has 0 aliphatic rings. The van der Waals surface area contributed by atoms with E-state index in [1.165, 1.54) is 0 Å². The minimum absolute atomic E-state index is 0.159. The van der Waals surface area contributed by atoms with Gasteiger partial charge in [0.15, 0.2) is 0 Å². The number of alkyl halides is 2. The van der Waals surface area contributed by atoms with E-state index in [2.05, 4.69) is 31.9 Å². The molecule has 0 fully saturated rings. The highest BCUT2D eigenvalue weighted by Crippen LogP contribution is 2.32. The van der Waals surface area contributed by atoms with Crippen LogP contribution in [0, 0.1) is 0 Å². The first-order valence-electron chi connectivity index (χ1n) is 5.86. The molecule has 0 heterocycles. The monoisotopic (exact) mass is 384 g/mol. The maximum Gasteiger partial charge on any atom is 0.270 e. The van der Waals surface area contributed by atoms with E-state index in [9.17, 15) is 0 Å². The van der Waals surface area contributed by atoms with Crippen LogP contribution >= 0.6 is 31.9 Å². The van der Waals surface area contributed by atoms with Gasteiger partial charge in [0.1, 0.15) is 15.2 Å². The third-order valence-electron chi connectivity index (χ3n) is 2.52. The van der Waals surface area contributed by atoms with Crippen LogP contribution in [0.15, 0.2) is 60.7 Å². The smallest absolute Gasteiger partial charge is 0.270 e. The van der Waals surface area contributed by atoms with Gasteiger partial charge in [-0.3, -0.25) is 0 Å². The summed E-state index contributed by atoms with van der Waals surface area (Å²) in [4.78, 5) is 0. The van der Waals surface area contributed by atoms with Crippen LogP contribution < -0.4 is 9.47 Å². The SMILES string of the molecule is CC(Oc1ccccc1)(Oc1ccccc1)C(Br)Br. The summed E-state index contributed by atoms with van der Waals surface area (Å²) in [5.74, 6) is 0.651. The lowest BCUT2D eigenvalue weighted by molar-refractivity contribution is -0.0807. The predicted molar refractivity (Wildman–Crippen MR) is 84.2 cm³/mol. The van der Waals surface area contributed by atoms with Gasteiger partial charge in [-0.25, -0.2) is 0 Å². The number of hydrogen-bond donors (Lipinski definition) is 0. The van der Waals surface area contributed by atoms with Gasteiger partial charge in [-0.1, -0.05) is 68.3 Å². The maximum absolute atomic E-state index is 5.95. The quantitative estimate of drug-likeness (QED) is 0.534. The number of halogens is 2. The van der Waals surface area contributed by atoms with Crippen LogP contribution in [0.4, 0.5) is 0 Å². The Bertz CT molecular complexity index is 459. The molecule has 0 radical (unpaired) electrons. The zero-order chi connectivity index (χ0) is 13.7. The van der Waals surface area contributed by atoms with Gasteiger partial charge >= 0.3 is 0 Å². The van der Waals surface area contributed by atoms with Crippen LogP contribution in [0.1, 0.15) is 6.92 Å². The summed E-state index contributed by atoms with van der Waals surface area (Å²) in [5.41, 5.74) is 0. The lowest BCUT2D eigenvalue weighted by atomic mass is 10.3. The summed E-state index contributed by atoms with van der Waals surface area (Å²) in [6, 6.07) is 19.2. The molecule has 4 heteroatoms. The average molecular weight is 386 g/mol. The van der Waals surface area contributed by atoms with Crippen molar-refractivity contribution < 1.29 is 9.47 Å². The topological polar surface area (TPSA) is 18.5 Å². The molecule has 0 bridgehead atoms. The lowest BCUT2D eigenvalue weighted by Crippen LogP contribution is -2.44. The van der Waals surface area contributed by atoms with E-state index in [-0.39, 0.29) is 3.74 Å². The fourth-order valence-corrected chi connectivity index (χ4v) is 1.93. The van der Waals surface area contributed by atoms with Crippen LogP contribution in [0.25, 0.3) is 0 Å². The first kappa shape index (κ1) is 14.4. The number of para-hydroxylation sites is 2. The Morgan fingerprint density at radius 2 is 1.16 bits per heavy atom. The number of ether oxygens (including phenoxy) is 2. The van der Waals surface area contributed by atoms with Gasteiger partial charge in [0.25, 0.3) is 5.79 Å². The van der Waals surface area contributed by atoms with Gasteiger partial charge in [-0.05, 0) is 24.3 Å². The van der Waals surface area contributed by atoms with Gasteiger partial charge in [-0.2, -0.15) is 0 Å². The Morgan fingerprint density at radius 1 is 0.789 bits per heavy atom. The molecule has 0 spiro atoms. The molecular formula is C15H14Br2O2. The normalized spacial score (nSPS) is 11.4. The highest BCUT2D eigenvalue weighted by atomic mass is 79.9. The van der Waals surface area contributed by atoms with E-state index >= 15 is 0 Å². The van der Waals surface area contributed by atoms with E-state index in [1.807, 2.05) is 67.6 Å². The van der Waals surface area contributed by atoms with Crippen LogP contribution in [-0.4, -0.2) is 9.52 Å². The molecule has 2 aromatic rings. The van der Waals surface area contributed by atoms with Crippen LogP contribution in [0.2, 0.25) is 0 Å². The third-order valence-corrected chi connectivity index (χ3v) is 4.19. The number of hydrogen-bond acceptors (Lipinski definition) is 2. The minimum atomic E-state index is -0.858. The summed E-state index contributed by atoms with van der Waals surface area (Å²) < 4.78 is 11.7. The second-order valence-electron chi connectivity index (χ2n) is 4.15. The predicted octanol–water partition coefficient (Wildman–Crippen LogP) is 4.98. The molecule has 0 aromatic heterocycles. The second-order valence-corrected chi connectivity index (χ2v) is 7.21. The highest BCUT2D eigenvalue weighted by Gasteiger charge is 2.36. The van der Waals surface area contributed by atoms with Crippen molar-refractivity contribution in [1.29, 1.82) is 0 Å². The molecule has 100 valence electrons. The van der Waals surface area contributed by atoms with Crippen LogP contribution in [0.5, 0.6) is 11.5 Å². The van der Waals surface area contributed by atoms with Crippen molar-refractivity contribution in [3.8, 4) is 11.5 Å². The molecule has 0 N–H and O–H groups in total. The Hall–Kier alpha value is -1.000. The van der Waals surface area contributed by atoms with E-state index in [0.29, 0.717) is 0 Å². The molecule has 2 nitrogen and oxygen atoms in total. The van der Waals surface area contributed by atoms with Gasteiger partial charge < -0.3 is 9.47 Å². The highest BCUT2D eigenvalue weighted by molar-refractivity contribution is 9.24. The van der Waals surface area contributed by atoms with Gasteiger partial charge in [0.05, 0.1) is 0 Å². The zero-order valence-corrected chi connectivity index (χ0v) is 13.6. The van der Waals surface area contributed by atoms with E-state index in [1.54, 1.807) is 0 Å². The fourth-order valence-electron chi connectivity index (χ4n) is 1.56. The summed E-state index contributed by atoms with van der Waals surface area (Å²) in [6.45, 7) is 1.88. The van der Waals surface area contributed by atoms with Crippen molar-refractivity contribution in [1.82, 2.24) is 0 Å². The lowest BCUT2D eigenvalue weighted by Gasteiger charge is -2.32. The molecule has 2 rings (SSSR count). The molecular weight excluding hydrogens is 372 g/mol. The maximum atomic E-state index is 5.95. The average Bonchev–Trinajstić information content (AvgIpc) is 2.40. The standard InChI is InChI=1S/C15H14Br2O2/c1-15(14(16)17,18-12-8-4-2-5-9-12)19-13-10-6-3-7-11-13/h2-11,14H,1H3. The number of rotatable bonds is 5. The molecule has 19 heavy (non-hydrogen) atoms. The fraction of sp³-hybridized carbons (Fsp3) is 0.200. The Kier molecular flexibility index (Phi) is 4.88. The third kappa shape index (κ3) is 3.98.